The molecular formula is C77H49N5. The van der Waals surface area contributed by atoms with Gasteiger partial charge in [-0.25, -0.2) is 19.9 Å². The minimum Gasteiger partial charge on any atom is -0.310 e. The number of hydrogen-bond acceptors (Lipinski definition) is 5. The monoisotopic (exact) mass is 1040 g/mol. The molecule has 0 N–H and O–H groups in total. The van der Waals surface area contributed by atoms with E-state index in [0.717, 1.165) is 106 Å². The number of rotatable bonds is 9. The van der Waals surface area contributed by atoms with E-state index < -0.39 is 5.41 Å². The maximum Gasteiger partial charge on any atom is 0.0973 e. The summed E-state index contributed by atoms with van der Waals surface area (Å²) in [5.41, 5.74) is 28.1. The highest BCUT2D eigenvalue weighted by Crippen LogP contribution is 2.63. The van der Waals surface area contributed by atoms with Gasteiger partial charge in [0.2, 0.25) is 0 Å². The molecule has 5 nitrogen and oxygen atoms in total. The molecule has 12 aromatic carbocycles. The van der Waals surface area contributed by atoms with Gasteiger partial charge in [-0.2, -0.15) is 0 Å². The smallest absolute Gasteiger partial charge is 0.0973 e. The van der Waals surface area contributed by atoms with Crippen molar-refractivity contribution in [3.05, 3.63) is 320 Å². The Morgan fingerprint density at radius 1 is 0.207 bits per heavy atom. The van der Waals surface area contributed by atoms with Gasteiger partial charge in [0.05, 0.1) is 50.3 Å². The summed E-state index contributed by atoms with van der Waals surface area (Å²) in [5.74, 6) is 0. The van der Waals surface area contributed by atoms with E-state index in [1.54, 1.807) is 0 Å². The number of anilines is 3. The summed E-state index contributed by atoms with van der Waals surface area (Å²) in [6, 6.07) is 107. The predicted molar refractivity (Wildman–Crippen MR) is 336 cm³/mol. The van der Waals surface area contributed by atoms with Crippen molar-refractivity contribution in [1.82, 2.24) is 19.9 Å². The van der Waals surface area contributed by atoms with Gasteiger partial charge in [-0.15, -0.1) is 0 Å². The fraction of sp³-hybridized carbons (Fsp3) is 0.0130. The van der Waals surface area contributed by atoms with Crippen LogP contribution in [0, 0.1) is 0 Å². The molecule has 2 heterocycles. The lowest BCUT2D eigenvalue weighted by Crippen LogP contribution is -2.26. The third-order valence-electron chi connectivity index (χ3n) is 16.6. The molecule has 0 radical (unpaired) electrons. The second-order valence-corrected chi connectivity index (χ2v) is 21.3. The van der Waals surface area contributed by atoms with E-state index in [1.165, 1.54) is 44.5 Å². The largest absolute Gasteiger partial charge is 0.310 e. The molecule has 0 saturated heterocycles. The Balaban J connectivity index is 0.870. The first-order chi connectivity index (χ1) is 40.6. The van der Waals surface area contributed by atoms with Crippen LogP contribution in [0.4, 0.5) is 17.1 Å². The lowest BCUT2D eigenvalue weighted by Gasteiger charge is -2.32. The molecule has 2 aliphatic rings. The van der Waals surface area contributed by atoms with Crippen LogP contribution in [-0.2, 0) is 5.41 Å². The van der Waals surface area contributed by atoms with Gasteiger partial charge in [-0.3, -0.25) is 0 Å². The van der Waals surface area contributed by atoms with Crippen molar-refractivity contribution < 1.29 is 0 Å². The molecule has 0 bridgehead atoms. The second-order valence-electron chi connectivity index (χ2n) is 21.3. The minimum atomic E-state index is -0.514. The minimum absolute atomic E-state index is 0.514. The number of hydrogen-bond donors (Lipinski definition) is 0. The van der Waals surface area contributed by atoms with Crippen molar-refractivity contribution in [3.8, 4) is 89.5 Å². The quantitative estimate of drug-likeness (QED) is 0.144. The summed E-state index contributed by atoms with van der Waals surface area (Å²) in [5, 5.41) is 0. The summed E-state index contributed by atoms with van der Waals surface area (Å²) in [4.78, 5) is 23.5. The highest BCUT2D eigenvalue weighted by atomic mass is 15.1. The molecule has 16 rings (SSSR count). The lowest BCUT2D eigenvalue weighted by molar-refractivity contribution is 0.793. The summed E-state index contributed by atoms with van der Waals surface area (Å²) in [6.07, 6.45) is 0. The Morgan fingerprint density at radius 2 is 0.512 bits per heavy atom. The zero-order chi connectivity index (χ0) is 54.1. The van der Waals surface area contributed by atoms with Crippen LogP contribution in [0.25, 0.3) is 112 Å². The first kappa shape index (κ1) is 47.1. The average molecular weight is 1040 g/mol. The van der Waals surface area contributed by atoms with E-state index in [1.807, 2.05) is 60.7 Å². The van der Waals surface area contributed by atoms with E-state index in [9.17, 15) is 0 Å². The van der Waals surface area contributed by atoms with Crippen LogP contribution in [0.1, 0.15) is 22.3 Å². The Morgan fingerprint density at radius 3 is 0.939 bits per heavy atom. The molecule has 0 aliphatic heterocycles. The van der Waals surface area contributed by atoms with Gasteiger partial charge in [0.1, 0.15) is 0 Å². The Kier molecular flexibility index (Phi) is 11.0. The van der Waals surface area contributed by atoms with Crippen molar-refractivity contribution in [2.75, 3.05) is 4.90 Å². The highest BCUT2D eigenvalue weighted by molar-refractivity contribution is 5.97. The van der Waals surface area contributed by atoms with Gasteiger partial charge in [0, 0.05) is 39.3 Å². The van der Waals surface area contributed by atoms with Gasteiger partial charge in [-0.05, 0) is 140 Å². The van der Waals surface area contributed by atoms with Gasteiger partial charge in [0.15, 0.2) is 0 Å². The SMILES string of the molecule is c1ccc(-c2nc3ccccc3nc2-c2cccc(-c3cccc(N(c4cccc(-c5cccc(-c6nc7ccccc7nc6-c6ccccc6)c5)c4)c4ccc5c(c4)C4(c6ccccc6-c6ccccc64)c4ccccc4-5)c3)c2)cc1. The molecule has 2 aromatic heterocycles. The molecule has 0 unspecified atom stereocenters. The van der Waals surface area contributed by atoms with Gasteiger partial charge in [-0.1, -0.05) is 224 Å². The molecule has 0 fully saturated rings. The fourth-order valence-corrected chi connectivity index (χ4v) is 13.0. The normalized spacial score (nSPS) is 12.5. The molecule has 1 spiro atoms. The Bertz CT molecular complexity index is 4560. The summed E-state index contributed by atoms with van der Waals surface area (Å²) in [6.45, 7) is 0. The van der Waals surface area contributed by atoms with Crippen molar-refractivity contribution in [1.29, 1.82) is 0 Å². The van der Waals surface area contributed by atoms with Crippen LogP contribution >= 0.6 is 0 Å². The van der Waals surface area contributed by atoms with Crippen LogP contribution in [0.2, 0.25) is 0 Å². The van der Waals surface area contributed by atoms with Crippen molar-refractivity contribution in [2.24, 2.45) is 0 Å². The standard InChI is InChI=1S/C77H49N5/c1-3-21-50(22-4-1)73-75(80-71-41-15-13-39-69(71)78-73)56-29-17-25-52(45-56)54-27-19-31-58(47-54)82(60-43-44-64-63-35-9-12-38-67(63)77(68(64)49-60)65-36-10-7-33-61(65)62-34-8-11-37-66(62)77)59-32-20-28-55(48-59)53-26-18-30-57(46-53)76-74(51-23-5-2-6-24-51)79-70-40-14-16-42-72(70)81-76/h1-49H. The van der Waals surface area contributed by atoms with Crippen molar-refractivity contribution >= 4 is 39.1 Å². The molecule has 0 saturated carbocycles. The summed E-state index contributed by atoms with van der Waals surface area (Å²) in [7, 11) is 0. The third kappa shape index (κ3) is 7.62. The molecule has 5 heteroatoms. The van der Waals surface area contributed by atoms with Gasteiger partial charge >= 0.3 is 0 Å². The van der Waals surface area contributed by atoms with E-state index in [-0.39, 0.29) is 0 Å². The molecule has 2 aliphatic carbocycles. The van der Waals surface area contributed by atoms with Crippen molar-refractivity contribution in [2.45, 2.75) is 5.41 Å². The van der Waals surface area contributed by atoms with Crippen LogP contribution in [0.15, 0.2) is 297 Å². The number of aromatic nitrogens is 4. The van der Waals surface area contributed by atoms with E-state index in [4.69, 9.17) is 19.9 Å². The van der Waals surface area contributed by atoms with Crippen LogP contribution in [0.3, 0.4) is 0 Å². The number of nitrogens with zero attached hydrogens (tertiary/aromatic N) is 5. The van der Waals surface area contributed by atoms with E-state index in [0.29, 0.717) is 0 Å². The maximum absolute atomic E-state index is 5.29. The summed E-state index contributed by atoms with van der Waals surface area (Å²) >= 11 is 0. The number of fused-ring (bicyclic) bond motifs is 12. The third-order valence-corrected chi connectivity index (χ3v) is 16.6. The first-order valence-electron chi connectivity index (χ1n) is 27.9. The summed E-state index contributed by atoms with van der Waals surface area (Å²) < 4.78 is 0. The lowest BCUT2D eigenvalue weighted by atomic mass is 9.70. The van der Waals surface area contributed by atoms with Crippen molar-refractivity contribution in [3.63, 3.8) is 0 Å². The number of para-hydroxylation sites is 4. The molecule has 14 aromatic rings. The molecule has 382 valence electrons. The van der Waals surface area contributed by atoms with Crippen LogP contribution in [0.5, 0.6) is 0 Å². The first-order valence-corrected chi connectivity index (χ1v) is 27.9. The zero-order valence-corrected chi connectivity index (χ0v) is 44.5. The highest BCUT2D eigenvalue weighted by Gasteiger charge is 2.51. The topological polar surface area (TPSA) is 54.8 Å². The average Bonchev–Trinajstić information content (AvgIpc) is 2.43. The molecular weight excluding hydrogens is 995 g/mol. The van der Waals surface area contributed by atoms with Gasteiger partial charge < -0.3 is 4.90 Å². The zero-order valence-electron chi connectivity index (χ0n) is 44.5. The molecule has 0 atom stereocenters. The molecule has 0 amide bonds. The van der Waals surface area contributed by atoms with Crippen LogP contribution < -0.4 is 4.90 Å². The maximum atomic E-state index is 5.29. The van der Waals surface area contributed by atoms with E-state index >= 15 is 0 Å². The predicted octanol–water partition coefficient (Wildman–Crippen LogP) is 19.4. The second kappa shape index (κ2) is 19.2. The Hall–Kier alpha value is -10.9. The Labute approximate surface area is 475 Å². The molecule has 82 heavy (non-hydrogen) atoms. The van der Waals surface area contributed by atoms with E-state index in [2.05, 4.69) is 241 Å². The number of benzene rings is 12. The van der Waals surface area contributed by atoms with Crippen LogP contribution in [-0.4, -0.2) is 19.9 Å². The fourth-order valence-electron chi connectivity index (χ4n) is 13.0. The van der Waals surface area contributed by atoms with Gasteiger partial charge in [0.25, 0.3) is 0 Å².